The molecule has 1 aliphatic rings. The number of aliphatic carboxylic acids is 1. The van der Waals surface area contributed by atoms with Crippen molar-refractivity contribution >= 4 is 35.2 Å². The van der Waals surface area contributed by atoms with Gasteiger partial charge in [0, 0.05) is 42.1 Å². The Morgan fingerprint density at radius 2 is 1.83 bits per heavy atom. The Hall–Kier alpha value is -2.44. The molecule has 2 aromatic rings. The van der Waals surface area contributed by atoms with Gasteiger partial charge >= 0.3 is 12.0 Å². The lowest BCUT2D eigenvalue weighted by atomic mass is 10.0. The molecule has 0 spiro atoms. The van der Waals surface area contributed by atoms with Crippen molar-refractivity contribution in [3.8, 4) is 5.75 Å². The molecule has 0 saturated carbocycles. The zero-order chi connectivity index (χ0) is 21.5. The zero-order valence-electron chi connectivity index (χ0n) is 16.5. The number of para-hydroxylation sites is 1. The molecule has 0 aliphatic carbocycles. The average molecular weight is 451 g/mol. The van der Waals surface area contributed by atoms with Crippen LogP contribution in [0.25, 0.3) is 0 Å². The number of ether oxygens (including phenoxy) is 1. The number of carboxylic acids is 1. The van der Waals surface area contributed by atoms with Crippen LogP contribution in [0.5, 0.6) is 5.75 Å². The molecule has 1 heterocycles. The Morgan fingerprint density at radius 3 is 2.53 bits per heavy atom. The predicted molar refractivity (Wildman–Crippen MR) is 116 cm³/mol. The van der Waals surface area contributed by atoms with E-state index in [1.165, 1.54) is 0 Å². The number of halogens is 2. The number of benzene rings is 2. The number of carbonyl (C=O) groups excluding carboxylic acids is 1. The average Bonchev–Trinajstić information content (AvgIpc) is 2.70. The first-order valence-electron chi connectivity index (χ1n) is 9.80. The number of hydrogen-bond donors (Lipinski definition) is 1. The molecule has 1 saturated heterocycles. The van der Waals surface area contributed by atoms with Crippen LogP contribution in [0.3, 0.4) is 0 Å². The van der Waals surface area contributed by atoms with Gasteiger partial charge < -0.3 is 19.6 Å². The fourth-order valence-electron chi connectivity index (χ4n) is 3.55. The number of nitrogens with zero attached hydrogens (tertiary/aromatic N) is 2. The summed E-state index contributed by atoms with van der Waals surface area (Å²) in [6.45, 7) is 2.07. The van der Waals surface area contributed by atoms with Crippen LogP contribution in [0.1, 0.15) is 18.4 Å². The molecule has 8 heteroatoms. The lowest BCUT2D eigenvalue weighted by Gasteiger charge is -2.40. The molecule has 0 bridgehead atoms. The summed E-state index contributed by atoms with van der Waals surface area (Å²) in [5.41, 5.74) is 0.776. The highest BCUT2D eigenvalue weighted by molar-refractivity contribution is 6.35. The molecule has 3 rings (SSSR count). The number of carbonyl (C=O) groups is 2. The van der Waals surface area contributed by atoms with Crippen molar-refractivity contribution in [1.29, 1.82) is 0 Å². The smallest absolute Gasteiger partial charge is 0.320 e. The highest BCUT2D eigenvalue weighted by atomic mass is 35.5. The van der Waals surface area contributed by atoms with Crippen molar-refractivity contribution < 1.29 is 19.4 Å². The number of hydrogen-bond acceptors (Lipinski definition) is 3. The fourth-order valence-corrected chi connectivity index (χ4v) is 4.02. The summed E-state index contributed by atoms with van der Waals surface area (Å²) < 4.78 is 5.70. The Bertz CT molecular complexity index is 879. The summed E-state index contributed by atoms with van der Waals surface area (Å²) >= 11 is 12.2. The van der Waals surface area contributed by atoms with Gasteiger partial charge in [-0.15, -0.1) is 0 Å². The molecule has 1 fully saturated rings. The van der Waals surface area contributed by atoms with Gasteiger partial charge in [-0.3, -0.25) is 4.79 Å². The minimum absolute atomic E-state index is 0.00907. The van der Waals surface area contributed by atoms with Crippen molar-refractivity contribution in [1.82, 2.24) is 9.80 Å². The Labute approximate surface area is 185 Å². The molecule has 1 N–H and O–H groups in total. The van der Waals surface area contributed by atoms with Gasteiger partial charge in [0.05, 0.1) is 13.0 Å². The molecule has 0 radical (unpaired) electrons. The van der Waals surface area contributed by atoms with Crippen molar-refractivity contribution in [3.05, 3.63) is 64.1 Å². The quantitative estimate of drug-likeness (QED) is 0.557. The van der Waals surface area contributed by atoms with Gasteiger partial charge in [-0.05, 0) is 36.2 Å². The Balaban J connectivity index is 1.62. The van der Waals surface area contributed by atoms with Crippen LogP contribution in [0.15, 0.2) is 48.5 Å². The van der Waals surface area contributed by atoms with Gasteiger partial charge in [-0.1, -0.05) is 47.5 Å². The highest BCUT2D eigenvalue weighted by Gasteiger charge is 2.32. The summed E-state index contributed by atoms with van der Waals surface area (Å²) in [6.07, 6.45) is 0.658. The van der Waals surface area contributed by atoms with E-state index in [2.05, 4.69) is 0 Å². The van der Waals surface area contributed by atoms with E-state index in [9.17, 15) is 14.7 Å². The third-order valence-corrected chi connectivity index (χ3v) is 5.51. The van der Waals surface area contributed by atoms with Gasteiger partial charge in [0.25, 0.3) is 0 Å². The summed E-state index contributed by atoms with van der Waals surface area (Å²) in [4.78, 5) is 27.6. The monoisotopic (exact) mass is 450 g/mol. The summed E-state index contributed by atoms with van der Waals surface area (Å²) in [6, 6.07) is 14.5. The van der Waals surface area contributed by atoms with E-state index in [-0.39, 0.29) is 18.4 Å². The molecule has 2 aromatic carbocycles. The number of rotatable bonds is 9. The maximum absolute atomic E-state index is 13.0. The van der Waals surface area contributed by atoms with Crippen molar-refractivity contribution in [3.63, 3.8) is 0 Å². The van der Waals surface area contributed by atoms with Gasteiger partial charge in [0.15, 0.2) is 0 Å². The summed E-state index contributed by atoms with van der Waals surface area (Å²) in [7, 11) is 0. The zero-order valence-corrected chi connectivity index (χ0v) is 18.0. The van der Waals surface area contributed by atoms with Crippen molar-refractivity contribution in [2.75, 3.05) is 26.2 Å². The van der Waals surface area contributed by atoms with Crippen LogP contribution in [0.4, 0.5) is 4.79 Å². The van der Waals surface area contributed by atoms with E-state index in [0.29, 0.717) is 49.3 Å². The topological polar surface area (TPSA) is 70.1 Å². The molecule has 1 atom stereocenters. The van der Waals surface area contributed by atoms with E-state index < -0.39 is 5.97 Å². The largest absolute Gasteiger partial charge is 0.494 e. The third-order valence-electron chi connectivity index (χ3n) is 4.92. The van der Waals surface area contributed by atoms with Crippen molar-refractivity contribution in [2.24, 2.45) is 5.92 Å². The van der Waals surface area contributed by atoms with Gasteiger partial charge in [-0.2, -0.15) is 0 Å². The van der Waals surface area contributed by atoms with E-state index in [1.807, 2.05) is 30.3 Å². The molecular formula is C22H24Cl2N2O4. The molecule has 2 amide bonds. The third kappa shape index (κ3) is 6.28. The molecule has 1 aliphatic heterocycles. The van der Waals surface area contributed by atoms with Crippen LogP contribution in [0, 0.1) is 5.92 Å². The van der Waals surface area contributed by atoms with Crippen LogP contribution >= 0.6 is 23.2 Å². The number of carboxylic acid groups (broad SMARTS) is 1. The lowest BCUT2D eigenvalue weighted by Crippen LogP contribution is -2.53. The van der Waals surface area contributed by atoms with Crippen LogP contribution < -0.4 is 4.74 Å². The van der Waals surface area contributed by atoms with Crippen LogP contribution in [-0.2, 0) is 11.3 Å². The second kappa shape index (κ2) is 10.5. The minimum atomic E-state index is -0.869. The minimum Gasteiger partial charge on any atom is -0.494 e. The van der Waals surface area contributed by atoms with Crippen molar-refractivity contribution in [2.45, 2.75) is 19.4 Å². The second-order valence-corrected chi connectivity index (χ2v) is 8.17. The summed E-state index contributed by atoms with van der Waals surface area (Å²) in [5, 5.41) is 10.2. The van der Waals surface area contributed by atoms with Gasteiger partial charge in [0.2, 0.25) is 0 Å². The highest BCUT2D eigenvalue weighted by Crippen LogP contribution is 2.25. The normalized spacial score (nSPS) is 16.6. The number of urea groups is 1. The first-order valence-corrected chi connectivity index (χ1v) is 10.6. The van der Waals surface area contributed by atoms with Gasteiger partial charge in [-0.25, -0.2) is 4.79 Å². The first kappa shape index (κ1) is 22.2. The number of amides is 2. The van der Waals surface area contributed by atoms with Gasteiger partial charge in [0.1, 0.15) is 5.75 Å². The molecule has 1 unspecified atom stereocenters. The Kier molecular flexibility index (Phi) is 7.82. The maximum atomic E-state index is 13.0. The Morgan fingerprint density at radius 1 is 1.10 bits per heavy atom. The SMILES string of the molecule is O=C(O)CC1CN(CCCOc2ccccc2)C(=O)N(Cc2ccc(Cl)cc2Cl)C1. The molecular weight excluding hydrogens is 427 g/mol. The lowest BCUT2D eigenvalue weighted by molar-refractivity contribution is -0.138. The fraction of sp³-hybridized carbons (Fsp3) is 0.364. The first-order chi connectivity index (χ1) is 14.4. The van der Waals surface area contributed by atoms with E-state index in [4.69, 9.17) is 27.9 Å². The molecule has 0 aromatic heterocycles. The molecule has 160 valence electrons. The maximum Gasteiger partial charge on any atom is 0.320 e. The molecule has 6 nitrogen and oxygen atoms in total. The van der Waals surface area contributed by atoms with E-state index >= 15 is 0 Å². The van der Waals surface area contributed by atoms with E-state index in [1.54, 1.807) is 28.0 Å². The summed E-state index contributed by atoms with van der Waals surface area (Å²) in [5.74, 6) is -0.238. The predicted octanol–water partition coefficient (Wildman–Crippen LogP) is 4.79. The second-order valence-electron chi connectivity index (χ2n) is 7.32. The molecule has 30 heavy (non-hydrogen) atoms. The van der Waals surface area contributed by atoms with Crippen LogP contribution in [-0.4, -0.2) is 53.1 Å². The van der Waals surface area contributed by atoms with E-state index in [0.717, 1.165) is 11.3 Å². The standard InChI is InChI=1S/C22H24Cl2N2O4/c23-18-8-7-17(20(24)12-18)15-26-14-16(11-21(27)28)13-25(22(26)29)9-4-10-30-19-5-2-1-3-6-19/h1-3,5-8,12,16H,4,9-11,13-15H2,(H,27,28). The van der Waals surface area contributed by atoms with Crippen LogP contribution in [0.2, 0.25) is 10.0 Å².